The quantitative estimate of drug-likeness (QED) is 0.853. The topological polar surface area (TPSA) is 41.1 Å². The molecule has 0 radical (unpaired) electrons. The van der Waals surface area contributed by atoms with Crippen LogP contribution < -0.4 is 10.6 Å². The number of urea groups is 1. The third-order valence-electron chi connectivity index (χ3n) is 2.41. The lowest BCUT2D eigenvalue weighted by atomic mass is 10.1. The van der Waals surface area contributed by atoms with E-state index in [1.54, 1.807) is 0 Å². The van der Waals surface area contributed by atoms with E-state index >= 15 is 0 Å². The van der Waals surface area contributed by atoms with Crippen molar-refractivity contribution in [3.8, 4) is 0 Å². The summed E-state index contributed by atoms with van der Waals surface area (Å²) in [6, 6.07) is 13.5. The minimum Gasteiger partial charge on any atom is -0.331 e. The summed E-state index contributed by atoms with van der Waals surface area (Å²) in [6.45, 7) is 1.96. The summed E-state index contributed by atoms with van der Waals surface area (Å²) < 4.78 is 0. The highest BCUT2D eigenvalue weighted by atomic mass is 32.1. The van der Waals surface area contributed by atoms with E-state index in [0.717, 1.165) is 10.6 Å². The summed E-state index contributed by atoms with van der Waals surface area (Å²) in [7, 11) is 0. The zero-order valence-electron chi connectivity index (χ0n) is 9.51. The molecular formula is C13H14N2OS. The number of carbonyl (C=O) groups is 1. The van der Waals surface area contributed by atoms with Crippen molar-refractivity contribution in [2.75, 3.05) is 5.32 Å². The van der Waals surface area contributed by atoms with Gasteiger partial charge < -0.3 is 5.32 Å². The molecule has 3 nitrogen and oxygen atoms in total. The summed E-state index contributed by atoms with van der Waals surface area (Å²) in [5, 5.41) is 8.46. The molecular weight excluding hydrogens is 232 g/mol. The molecule has 2 rings (SSSR count). The molecule has 1 atom stereocenters. The zero-order chi connectivity index (χ0) is 12.1. The van der Waals surface area contributed by atoms with Crippen LogP contribution in [0.25, 0.3) is 0 Å². The molecule has 17 heavy (non-hydrogen) atoms. The predicted molar refractivity (Wildman–Crippen MR) is 71.3 cm³/mol. The van der Waals surface area contributed by atoms with Crippen LogP contribution in [0.15, 0.2) is 47.8 Å². The Morgan fingerprint density at radius 2 is 1.94 bits per heavy atom. The highest BCUT2D eigenvalue weighted by Crippen LogP contribution is 2.16. The van der Waals surface area contributed by atoms with Crippen molar-refractivity contribution in [2.24, 2.45) is 0 Å². The number of hydrogen-bond donors (Lipinski definition) is 2. The number of amides is 2. The summed E-state index contributed by atoms with van der Waals surface area (Å²) in [6.07, 6.45) is 0. The zero-order valence-corrected chi connectivity index (χ0v) is 10.3. The van der Waals surface area contributed by atoms with Gasteiger partial charge in [-0.3, -0.25) is 5.32 Å². The second-order valence-corrected chi connectivity index (χ2v) is 4.66. The van der Waals surface area contributed by atoms with Crippen LogP contribution in [0.3, 0.4) is 0 Å². The number of thiophene rings is 1. The molecule has 0 aliphatic rings. The second kappa shape index (κ2) is 5.50. The largest absolute Gasteiger partial charge is 0.331 e. The molecule has 0 aliphatic carbocycles. The molecule has 1 heterocycles. The maximum absolute atomic E-state index is 11.7. The third-order valence-corrected chi connectivity index (χ3v) is 3.19. The van der Waals surface area contributed by atoms with Gasteiger partial charge in [0, 0.05) is 0 Å². The van der Waals surface area contributed by atoms with E-state index < -0.39 is 0 Å². The van der Waals surface area contributed by atoms with Gasteiger partial charge in [-0.2, -0.15) is 0 Å². The fourth-order valence-electron chi connectivity index (χ4n) is 1.52. The van der Waals surface area contributed by atoms with Gasteiger partial charge >= 0.3 is 6.03 Å². The number of nitrogens with one attached hydrogen (secondary N) is 2. The van der Waals surface area contributed by atoms with Crippen LogP contribution in [0, 0.1) is 0 Å². The molecule has 2 amide bonds. The molecule has 1 aromatic carbocycles. The maximum Gasteiger partial charge on any atom is 0.320 e. The van der Waals surface area contributed by atoms with E-state index in [9.17, 15) is 4.79 Å². The molecule has 2 N–H and O–H groups in total. The van der Waals surface area contributed by atoms with E-state index in [0.29, 0.717) is 0 Å². The Hall–Kier alpha value is -1.81. The van der Waals surface area contributed by atoms with Crippen LogP contribution in [-0.2, 0) is 0 Å². The molecule has 0 saturated carbocycles. The molecule has 0 aliphatic heterocycles. The fourth-order valence-corrected chi connectivity index (χ4v) is 2.13. The van der Waals surface area contributed by atoms with E-state index in [1.807, 2.05) is 54.8 Å². The lowest BCUT2D eigenvalue weighted by Gasteiger charge is -2.14. The number of anilines is 1. The third kappa shape index (κ3) is 3.32. The van der Waals surface area contributed by atoms with Crippen LogP contribution in [-0.4, -0.2) is 6.03 Å². The number of benzene rings is 1. The average molecular weight is 246 g/mol. The molecule has 0 spiro atoms. The van der Waals surface area contributed by atoms with Gasteiger partial charge in [0.15, 0.2) is 0 Å². The lowest BCUT2D eigenvalue weighted by Crippen LogP contribution is -2.30. The van der Waals surface area contributed by atoms with E-state index in [4.69, 9.17) is 0 Å². The second-order valence-electron chi connectivity index (χ2n) is 3.71. The smallest absolute Gasteiger partial charge is 0.320 e. The van der Waals surface area contributed by atoms with Crippen molar-refractivity contribution in [1.82, 2.24) is 5.32 Å². The molecule has 0 saturated heterocycles. The average Bonchev–Trinajstić information content (AvgIpc) is 2.82. The Morgan fingerprint density at radius 3 is 2.59 bits per heavy atom. The van der Waals surface area contributed by atoms with Crippen LogP contribution in [0.2, 0.25) is 0 Å². The molecule has 1 aromatic heterocycles. The van der Waals surface area contributed by atoms with Gasteiger partial charge in [0.2, 0.25) is 0 Å². The van der Waals surface area contributed by atoms with Gasteiger partial charge in [0.1, 0.15) is 0 Å². The molecule has 88 valence electrons. The highest BCUT2D eigenvalue weighted by molar-refractivity contribution is 7.14. The van der Waals surface area contributed by atoms with E-state index in [-0.39, 0.29) is 12.1 Å². The van der Waals surface area contributed by atoms with Crippen LogP contribution in [0.4, 0.5) is 9.80 Å². The van der Waals surface area contributed by atoms with Crippen LogP contribution >= 0.6 is 11.3 Å². The Kier molecular flexibility index (Phi) is 3.77. The first-order chi connectivity index (χ1) is 8.25. The van der Waals surface area contributed by atoms with Gasteiger partial charge in [-0.05, 0) is 30.0 Å². The van der Waals surface area contributed by atoms with Crippen molar-refractivity contribution < 1.29 is 4.79 Å². The van der Waals surface area contributed by atoms with Gasteiger partial charge in [-0.1, -0.05) is 30.3 Å². The fraction of sp³-hybridized carbons (Fsp3) is 0.154. The number of carbonyl (C=O) groups excluding carboxylic acids is 1. The standard InChI is InChI=1S/C13H14N2OS/c1-10(11-6-3-2-4-7-11)14-13(16)15-12-8-5-9-17-12/h2-10H,1H3,(H2,14,15,16)/t10-/m1/s1. The van der Waals surface area contributed by atoms with Crippen molar-refractivity contribution in [2.45, 2.75) is 13.0 Å². The minimum absolute atomic E-state index is 0.00355. The molecule has 4 heteroatoms. The highest BCUT2D eigenvalue weighted by Gasteiger charge is 2.08. The Bertz CT molecular complexity index is 467. The molecule has 2 aromatic rings. The summed E-state index contributed by atoms with van der Waals surface area (Å²) in [4.78, 5) is 11.7. The monoisotopic (exact) mass is 246 g/mol. The van der Waals surface area contributed by atoms with Gasteiger partial charge in [-0.15, -0.1) is 11.3 Å². The van der Waals surface area contributed by atoms with Gasteiger partial charge in [0.25, 0.3) is 0 Å². The first kappa shape index (κ1) is 11.7. The summed E-state index contributed by atoms with van der Waals surface area (Å²) in [5.41, 5.74) is 1.09. The van der Waals surface area contributed by atoms with Crippen molar-refractivity contribution >= 4 is 22.4 Å². The van der Waals surface area contributed by atoms with Crippen molar-refractivity contribution in [3.63, 3.8) is 0 Å². The Labute approximate surface area is 104 Å². The summed E-state index contributed by atoms with van der Waals surface area (Å²) in [5.74, 6) is 0. The number of rotatable bonds is 3. The summed E-state index contributed by atoms with van der Waals surface area (Å²) >= 11 is 1.50. The van der Waals surface area contributed by atoms with Crippen LogP contribution in [0.5, 0.6) is 0 Å². The SMILES string of the molecule is C[C@@H](NC(=O)Nc1cccs1)c1ccccc1. The Balaban J connectivity index is 1.91. The van der Waals surface area contributed by atoms with Crippen molar-refractivity contribution in [1.29, 1.82) is 0 Å². The van der Waals surface area contributed by atoms with Gasteiger partial charge in [0.05, 0.1) is 11.0 Å². The molecule has 0 bridgehead atoms. The maximum atomic E-state index is 11.7. The molecule has 0 unspecified atom stereocenters. The first-order valence-corrected chi connectivity index (χ1v) is 6.29. The predicted octanol–water partition coefficient (Wildman–Crippen LogP) is 3.63. The Morgan fingerprint density at radius 1 is 1.18 bits per heavy atom. The van der Waals surface area contributed by atoms with Gasteiger partial charge in [-0.25, -0.2) is 4.79 Å². The van der Waals surface area contributed by atoms with E-state index in [1.165, 1.54) is 11.3 Å². The van der Waals surface area contributed by atoms with Crippen LogP contribution in [0.1, 0.15) is 18.5 Å². The van der Waals surface area contributed by atoms with E-state index in [2.05, 4.69) is 10.6 Å². The normalized spacial score (nSPS) is 11.8. The minimum atomic E-state index is -0.177. The number of hydrogen-bond acceptors (Lipinski definition) is 2. The first-order valence-electron chi connectivity index (χ1n) is 5.41. The molecule has 0 fully saturated rings. The van der Waals surface area contributed by atoms with Crippen molar-refractivity contribution in [3.05, 3.63) is 53.4 Å². The lowest BCUT2D eigenvalue weighted by molar-refractivity contribution is 0.249.